The van der Waals surface area contributed by atoms with E-state index in [2.05, 4.69) is 19.7 Å². The Morgan fingerprint density at radius 2 is 1.80 bits per heavy atom. The molecule has 0 spiro atoms. The molecule has 0 radical (unpaired) electrons. The highest BCUT2D eigenvalue weighted by Crippen LogP contribution is 2.09. The predicted octanol–water partition coefficient (Wildman–Crippen LogP) is 2.53. The van der Waals surface area contributed by atoms with E-state index in [0.29, 0.717) is 0 Å². The first-order chi connectivity index (χ1) is 4.56. The van der Waals surface area contributed by atoms with Crippen LogP contribution in [-0.4, -0.2) is 10.7 Å². The zero-order valence-electron chi connectivity index (χ0n) is 7.06. The average molecular weight is 142 g/mol. The lowest BCUT2D eigenvalue weighted by Crippen LogP contribution is -2.17. The SMILES string of the molecule is C=C.C=CCCC(C)(C)O. The largest absolute Gasteiger partial charge is 0.390 e. The molecule has 0 fully saturated rings. The molecule has 0 aromatic carbocycles. The van der Waals surface area contributed by atoms with Crippen molar-refractivity contribution < 1.29 is 5.11 Å². The van der Waals surface area contributed by atoms with Gasteiger partial charge in [-0.3, -0.25) is 0 Å². The summed E-state index contributed by atoms with van der Waals surface area (Å²) in [7, 11) is 0. The summed E-state index contributed by atoms with van der Waals surface area (Å²) in [5.41, 5.74) is -0.520. The molecule has 1 nitrogen and oxygen atoms in total. The summed E-state index contributed by atoms with van der Waals surface area (Å²) in [5, 5.41) is 9.10. The molecule has 0 heterocycles. The van der Waals surface area contributed by atoms with Crippen LogP contribution >= 0.6 is 0 Å². The Kier molecular flexibility index (Phi) is 7.97. The van der Waals surface area contributed by atoms with Crippen LogP contribution < -0.4 is 0 Å². The molecule has 60 valence electrons. The third kappa shape index (κ3) is 15.7. The molecule has 0 saturated carbocycles. The van der Waals surface area contributed by atoms with E-state index in [9.17, 15) is 0 Å². The molecular formula is C9H18O. The Morgan fingerprint density at radius 1 is 1.40 bits per heavy atom. The summed E-state index contributed by atoms with van der Waals surface area (Å²) >= 11 is 0. The highest BCUT2D eigenvalue weighted by atomic mass is 16.3. The molecule has 1 heteroatoms. The monoisotopic (exact) mass is 142 g/mol. The van der Waals surface area contributed by atoms with Crippen molar-refractivity contribution in [2.75, 3.05) is 0 Å². The topological polar surface area (TPSA) is 20.2 Å². The Morgan fingerprint density at radius 3 is 1.90 bits per heavy atom. The number of allylic oxidation sites excluding steroid dienone is 1. The van der Waals surface area contributed by atoms with Crippen LogP contribution in [0.15, 0.2) is 25.8 Å². The molecule has 0 aliphatic rings. The van der Waals surface area contributed by atoms with Gasteiger partial charge in [-0.05, 0) is 26.7 Å². The van der Waals surface area contributed by atoms with E-state index in [1.807, 2.05) is 6.08 Å². The van der Waals surface area contributed by atoms with Crippen molar-refractivity contribution in [2.45, 2.75) is 32.3 Å². The van der Waals surface area contributed by atoms with Gasteiger partial charge in [0.15, 0.2) is 0 Å². The van der Waals surface area contributed by atoms with Gasteiger partial charge in [-0.25, -0.2) is 0 Å². The van der Waals surface area contributed by atoms with Crippen molar-refractivity contribution in [3.63, 3.8) is 0 Å². The first kappa shape index (κ1) is 12.1. The number of rotatable bonds is 3. The molecule has 0 bridgehead atoms. The van der Waals surface area contributed by atoms with Crippen LogP contribution in [0.5, 0.6) is 0 Å². The zero-order chi connectivity index (χ0) is 8.62. The summed E-state index contributed by atoms with van der Waals surface area (Å²) in [6.45, 7) is 13.2. The van der Waals surface area contributed by atoms with Crippen LogP contribution in [0.1, 0.15) is 26.7 Å². The second kappa shape index (κ2) is 6.56. The highest BCUT2D eigenvalue weighted by Gasteiger charge is 2.09. The quantitative estimate of drug-likeness (QED) is 0.600. The molecule has 0 unspecified atom stereocenters. The van der Waals surface area contributed by atoms with Gasteiger partial charge in [-0.1, -0.05) is 6.08 Å². The number of hydrogen-bond acceptors (Lipinski definition) is 1. The Labute approximate surface area is 64.1 Å². The average Bonchev–Trinajstić information content (AvgIpc) is 1.87. The Bertz CT molecular complexity index is 79.2. The van der Waals surface area contributed by atoms with Gasteiger partial charge in [0.2, 0.25) is 0 Å². The van der Waals surface area contributed by atoms with E-state index in [1.165, 1.54) is 0 Å². The first-order valence-corrected chi connectivity index (χ1v) is 3.39. The van der Waals surface area contributed by atoms with Crippen molar-refractivity contribution >= 4 is 0 Å². The lowest BCUT2D eigenvalue weighted by Gasteiger charge is -2.14. The molecular weight excluding hydrogens is 124 g/mol. The van der Waals surface area contributed by atoms with Gasteiger partial charge in [-0.15, -0.1) is 19.7 Å². The van der Waals surface area contributed by atoms with Crippen molar-refractivity contribution in [3.8, 4) is 0 Å². The molecule has 0 atom stereocenters. The molecule has 10 heavy (non-hydrogen) atoms. The minimum atomic E-state index is -0.520. The van der Waals surface area contributed by atoms with Gasteiger partial charge in [-0.2, -0.15) is 0 Å². The van der Waals surface area contributed by atoms with Crippen molar-refractivity contribution in [2.24, 2.45) is 0 Å². The summed E-state index contributed by atoms with van der Waals surface area (Å²) in [4.78, 5) is 0. The van der Waals surface area contributed by atoms with Gasteiger partial charge in [0, 0.05) is 0 Å². The molecule has 0 rings (SSSR count). The molecule has 0 aromatic heterocycles. The molecule has 0 aliphatic heterocycles. The van der Waals surface area contributed by atoms with Gasteiger partial charge >= 0.3 is 0 Å². The maximum atomic E-state index is 9.10. The fraction of sp³-hybridized carbons (Fsp3) is 0.556. The maximum Gasteiger partial charge on any atom is 0.0594 e. The lowest BCUT2D eigenvalue weighted by molar-refractivity contribution is 0.0722. The number of aliphatic hydroxyl groups is 1. The third-order valence-electron chi connectivity index (χ3n) is 0.960. The van der Waals surface area contributed by atoms with Crippen molar-refractivity contribution in [1.29, 1.82) is 0 Å². The van der Waals surface area contributed by atoms with Crippen LogP contribution in [0.4, 0.5) is 0 Å². The fourth-order valence-corrected chi connectivity index (χ4v) is 0.455. The summed E-state index contributed by atoms with van der Waals surface area (Å²) in [6, 6.07) is 0. The molecule has 0 aromatic rings. The van der Waals surface area contributed by atoms with E-state index in [4.69, 9.17) is 5.11 Å². The molecule has 0 amide bonds. The minimum absolute atomic E-state index is 0.520. The van der Waals surface area contributed by atoms with E-state index >= 15 is 0 Å². The second-order valence-corrected chi connectivity index (χ2v) is 2.64. The van der Waals surface area contributed by atoms with Crippen LogP contribution in [-0.2, 0) is 0 Å². The Balaban J connectivity index is 0. The Hall–Kier alpha value is -0.560. The summed E-state index contributed by atoms with van der Waals surface area (Å²) in [6.07, 6.45) is 3.51. The van der Waals surface area contributed by atoms with Gasteiger partial charge in [0.1, 0.15) is 0 Å². The second-order valence-electron chi connectivity index (χ2n) is 2.64. The van der Waals surface area contributed by atoms with E-state index < -0.39 is 5.60 Å². The highest BCUT2D eigenvalue weighted by molar-refractivity contribution is 4.73. The standard InChI is InChI=1S/C7H14O.C2H4/c1-4-5-6-7(2,3)8;1-2/h4,8H,1,5-6H2,2-3H3;1-2H2. The zero-order valence-corrected chi connectivity index (χ0v) is 7.06. The first-order valence-electron chi connectivity index (χ1n) is 3.39. The smallest absolute Gasteiger partial charge is 0.0594 e. The normalized spacial score (nSPS) is 9.50. The van der Waals surface area contributed by atoms with Crippen LogP contribution in [0.2, 0.25) is 0 Å². The van der Waals surface area contributed by atoms with Crippen LogP contribution in [0, 0.1) is 0 Å². The third-order valence-corrected chi connectivity index (χ3v) is 0.960. The lowest BCUT2D eigenvalue weighted by atomic mass is 10.0. The number of hydrogen-bond donors (Lipinski definition) is 1. The van der Waals surface area contributed by atoms with E-state index in [1.54, 1.807) is 13.8 Å². The maximum absolute atomic E-state index is 9.10. The predicted molar refractivity (Wildman–Crippen MR) is 47.0 cm³/mol. The van der Waals surface area contributed by atoms with Crippen molar-refractivity contribution in [1.82, 2.24) is 0 Å². The molecule has 0 aliphatic carbocycles. The van der Waals surface area contributed by atoms with Crippen molar-refractivity contribution in [3.05, 3.63) is 25.8 Å². The van der Waals surface area contributed by atoms with E-state index in [0.717, 1.165) is 12.8 Å². The van der Waals surface area contributed by atoms with Gasteiger partial charge in [0.25, 0.3) is 0 Å². The summed E-state index contributed by atoms with van der Waals surface area (Å²) < 4.78 is 0. The minimum Gasteiger partial charge on any atom is -0.390 e. The van der Waals surface area contributed by atoms with Crippen LogP contribution in [0.3, 0.4) is 0 Å². The molecule has 0 saturated heterocycles. The van der Waals surface area contributed by atoms with Gasteiger partial charge < -0.3 is 5.11 Å². The van der Waals surface area contributed by atoms with Gasteiger partial charge in [0.05, 0.1) is 5.60 Å². The molecule has 1 N–H and O–H groups in total. The van der Waals surface area contributed by atoms with Crippen LogP contribution in [0.25, 0.3) is 0 Å². The van der Waals surface area contributed by atoms with E-state index in [-0.39, 0.29) is 0 Å². The summed E-state index contributed by atoms with van der Waals surface area (Å²) in [5.74, 6) is 0. The fourth-order valence-electron chi connectivity index (χ4n) is 0.455.